The summed E-state index contributed by atoms with van der Waals surface area (Å²) in [6.07, 6.45) is -0.148. The minimum absolute atomic E-state index is 0.0226. The summed E-state index contributed by atoms with van der Waals surface area (Å²) in [7, 11) is 0. The van der Waals surface area contributed by atoms with Crippen LogP contribution in [0.1, 0.15) is 62.2 Å². The first-order valence-corrected chi connectivity index (χ1v) is 8.74. The van der Waals surface area contributed by atoms with Crippen LogP contribution in [0.15, 0.2) is 28.7 Å². The highest BCUT2D eigenvalue weighted by Crippen LogP contribution is 2.28. The third-order valence-electron chi connectivity index (χ3n) is 4.02. The zero-order valence-electron chi connectivity index (χ0n) is 16.0. The molecule has 1 aromatic carbocycles. The van der Waals surface area contributed by atoms with Crippen LogP contribution in [0.2, 0.25) is 0 Å². The van der Waals surface area contributed by atoms with Crippen molar-refractivity contribution in [1.29, 1.82) is 0 Å². The summed E-state index contributed by atoms with van der Waals surface area (Å²) >= 11 is 0. The maximum atomic E-state index is 12.2. The number of ketones is 1. The smallest absolute Gasteiger partial charge is 0.342 e. The Balaban J connectivity index is 2.10. The number of carbonyl (C=O) groups is 4. The molecule has 2 aromatic rings. The summed E-state index contributed by atoms with van der Waals surface area (Å²) in [5.74, 6) is -2.59. The normalized spacial score (nSPS) is 10.4. The zero-order chi connectivity index (χ0) is 20.8. The minimum Gasteiger partial charge on any atom is -0.462 e. The lowest BCUT2D eigenvalue weighted by molar-refractivity contribution is -0.116. The molecule has 0 fully saturated rings. The molecule has 2 rings (SSSR count). The first kappa shape index (κ1) is 20.9. The Hall–Kier alpha value is -3.42. The van der Waals surface area contributed by atoms with E-state index in [0.717, 1.165) is 5.56 Å². The molecule has 3 N–H and O–H groups in total. The molecule has 0 atom stereocenters. The second-order valence-corrected chi connectivity index (χ2v) is 6.16. The van der Waals surface area contributed by atoms with Crippen molar-refractivity contribution in [3.63, 3.8) is 0 Å². The van der Waals surface area contributed by atoms with E-state index in [0.29, 0.717) is 5.56 Å². The van der Waals surface area contributed by atoms with Gasteiger partial charge in [0.05, 0.1) is 6.61 Å². The van der Waals surface area contributed by atoms with Gasteiger partial charge in [0.15, 0.2) is 5.78 Å². The van der Waals surface area contributed by atoms with Crippen molar-refractivity contribution in [2.75, 3.05) is 11.9 Å². The number of Topliss-reactive ketones (excluding diaryl/α,β-unsaturated/α-hetero) is 1. The fraction of sp³-hybridized carbons (Fsp3) is 0.300. The topological polar surface area (TPSA) is 129 Å². The number of ether oxygens (including phenoxy) is 1. The van der Waals surface area contributed by atoms with Crippen LogP contribution in [-0.2, 0) is 9.53 Å². The van der Waals surface area contributed by atoms with Crippen molar-refractivity contribution < 1.29 is 28.3 Å². The predicted molar refractivity (Wildman–Crippen MR) is 101 cm³/mol. The van der Waals surface area contributed by atoms with Gasteiger partial charge in [-0.25, -0.2) is 4.79 Å². The predicted octanol–water partition coefficient (Wildman–Crippen LogP) is 2.77. The quantitative estimate of drug-likeness (QED) is 0.530. The average Bonchev–Trinajstić information content (AvgIpc) is 2.96. The van der Waals surface area contributed by atoms with Crippen molar-refractivity contribution in [3.8, 4) is 0 Å². The van der Waals surface area contributed by atoms with Crippen LogP contribution in [0.25, 0.3) is 0 Å². The molecule has 8 nitrogen and oxygen atoms in total. The maximum absolute atomic E-state index is 12.2. The molecule has 148 valence electrons. The van der Waals surface area contributed by atoms with Crippen LogP contribution in [0.3, 0.4) is 0 Å². The fourth-order valence-corrected chi connectivity index (χ4v) is 2.62. The molecule has 0 aliphatic carbocycles. The van der Waals surface area contributed by atoms with Gasteiger partial charge in [-0.2, -0.15) is 0 Å². The van der Waals surface area contributed by atoms with Gasteiger partial charge in [0.2, 0.25) is 11.8 Å². The number of benzene rings is 1. The average molecular weight is 386 g/mol. The number of anilines is 1. The Kier molecular flexibility index (Phi) is 6.70. The summed E-state index contributed by atoms with van der Waals surface area (Å²) in [5, 5.41) is 2.40. The van der Waals surface area contributed by atoms with Crippen molar-refractivity contribution in [3.05, 3.63) is 52.3 Å². The molecule has 1 aromatic heterocycles. The summed E-state index contributed by atoms with van der Waals surface area (Å²) in [6.45, 7) is 5.08. The summed E-state index contributed by atoms with van der Waals surface area (Å²) in [5.41, 5.74) is 6.49. The Morgan fingerprint density at radius 1 is 1.04 bits per heavy atom. The lowest BCUT2D eigenvalue weighted by atomic mass is 10.0. The molecule has 0 aliphatic heterocycles. The third kappa shape index (κ3) is 4.85. The van der Waals surface area contributed by atoms with Crippen LogP contribution >= 0.6 is 0 Å². The number of hydrogen-bond donors (Lipinski definition) is 2. The van der Waals surface area contributed by atoms with E-state index in [1.54, 1.807) is 19.1 Å². The van der Waals surface area contributed by atoms with Crippen molar-refractivity contribution >= 4 is 29.5 Å². The van der Waals surface area contributed by atoms with Crippen LogP contribution < -0.4 is 11.1 Å². The molecule has 2 amide bonds. The monoisotopic (exact) mass is 386 g/mol. The molecule has 0 unspecified atom stereocenters. The molecule has 0 aliphatic rings. The highest BCUT2D eigenvalue weighted by Gasteiger charge is 2.29. The number of hydrogen-bond acceptors (Lipinski definition) is 6. The van der Waals surface area contributed by atoms with Gasteiger partial charge < -0.3 is 14.9 Å². The molecule has 0 saturated carbocycles. The van der Waals surface area contributed by atoms with Crippen LogP contribution in [0.4, 0.5) is 5.88 Å². The molecular formula is C20H22N2O6. The Bertz CT molecular complexity index is 912. The number of primary amides is 1. The largest absolute Gasteiger partial charge is 0.462 e. The number of aryl methyl sites for hydroxylation is 2. The van der Waals surface area contributed by atoms with Gasteiger partial charge in [0.1, 0.15) is 16.9 Å². The first-order valence-electron chi connectivity index (χ1n) is 8.74. The minimum atomic E-state index is -0.939. The summed E-state index contributed by atoms with van der Waals surface area (Å²) in [6, 6.07) is 7.02. The number of amides is 2. The SMILES string of the molecule is CCOC(=O)c1c(C)oc(NC(=O)CCC(=O)c2ccc(C)cc2)c1C(N)=O. The number of nitrogens with one attached hydrogen (secondary N) is 1. The van der Waals surface area contributed by atoms with Gasteiger partial charge in [0, 0.05) is 18.4 Å². The number of rotatable bonds is 8. The van der Waals surface area contributed by atoms with E-state index in [9.17, 15) is 19.2 Å². The van der Waals surface area contributed by atoms with Gasteiger partial charge in [-0.1, -0.05) is 29.8 Å². The number of nitrogens with two attached hydrogens (primary N) is 1. The van der Waals surface area contributed by atoms with E-state index in [-0.39, 0.29) is 48.0 Å². The Morgan fingerprint density at radius 2 is 1.68 bits per heavy atom. The lowest BCUT2D eigenvalue weighted by Gasteiger charge is -2.05. The molecule has 28 heavy (non-hydrogen) atoms. The highest BCUT2D eigenvalue weighted by atomic mass is 16.5. The maximum Gasteiger partial charge on any atom is 0.342 e. The second-order valence-electron chi connectivity index (χ2n) is 6.16. The Morgan fingerprint density at radius 3 is 2.25 bits per heavy atom. The fourth-order valence-electron chi connectivity index (χ4n) is 2.62. The van der Waals surface area contributed by atoms with E-state index >= 15 is 0 Å². The van der Waals surface area contributed by atoms with Gasteiger partial charge in [0.25, 0.3) is 5.91 Å². The molecular weight excluding hydrogens is 364 g/mol. The van der Waals surface area contributed by atoms with E-state index in [1.165, 1.54) is 6.92 Å². The standard InChI is InChI=1S/C20H22N2O6/c1-4-27-20(26)16-12(3)28-19(17(16)18(21)25)22-15(24)10-9-14(23)13-7-5-11(2)6-8-13/h5-8H,4,9-10H2,1-3H3,(H2,21,25)(H,22,24). The van der Waals surface area contributed by atoms with Crippen molar-refractivity contribution in [2.24, 2.45) is 5.73 Å². The first-order chi connectivity index (χ1) is 13.2. The van der Waals surface area contributed by atoms with Crippen LogP contribution in [0.5, 0.6) is 0 Å². The third-order valence-corrected chi connectivity index (χ3v) is 4.02. The highest BCUT2D eigenvalue weighted by molar-refractivity contribution is 6.10. The molecule has 0 radical (unpaired) electrons. The number of esters is 1. The van der Waals surface area contributed by atoms with Crippen LogP contribution in [0, 0.1) is 13.8 Å². The molecule has 0 spiro atoms. The van der Waals surface area contributed by atoms with Gasteiger partial charge in [-0.15, -0.1) is 0 Å². The van der Waals surface area contributed by atoms with Crippen molar-refractivity contribution in [2.45, 2.75) is 33.6 Å². The van der Waals surface area contributed by atoms with Crippen LogP contribution in [-0.4, -0.2) is 30.2 Å². The van der Waals surface area contributed by atoms with Crippen molar-refractivity contribution in [1.82, 2.24) is 0 Å². The number of carbonyl (C=O) groups excluding carboxylic acids is 4. The van der Waals surface area contributed by atoms with E-state index < -0.39 is 17.8 Å². The van der Waals surface area contributed by atoms with Gasteiger partial charge >= 0.3 is 5.97 Å². The summed E-state index contributed by atoms with van der Waals surface area (Å²) < 4.78 is 10.2. The number of furan rings is 1. The molecule has 0 saturated heterocycles. The summed E-state index contributed by atoms with van der Waals surface area (Å²) in [4.78, 5) is 48.2. The van der Waals surface area contributed by atoms with E-state index in [1.807, 2.05) is 19.1 Å². The molecule has 8 heteroatoms. The zero-order valence-corrected chi connectivity index (χ0v) is 16.0. The van der Waals surface area contributed by atoms with Gasteiger partial charge in [-0.05, 0) is 20.8 Å². The molecule has 1 heterocycles. The van der Waals surface area contributed by atoms with E-state index in [2.05, 4.69) is 5.32 Å². The second kappa shape index (κ2) is 8.98. The molecule has 0 bridgehead atoms. The Labute approximate surface area is 162 Å². The lowest BCUT2D eigenvalue weighted by Crippen LogP contribution is -2.20. The van der Waals surface area contributed by atoms with E-state index in [4.69, 9.17) is 14.9 Å². The van der Waals surface area contributed by atoms with Gasteiger partial charge in [-0.3, -0.25) is 19.7 Å².